The molecule has 1 aromatic rings. The Kier molecular flexibility index (Phi) is 5.66. The number of piperidine rings is 1. The molecule has 0 aromatic carbocycles. The topological polar surface area (TPSA) is 69.9 Å². The van der Waals surface area contributed by atoms with Crippen molar-refractivity contribution in [2.24, 2.45) is 16.3 Å². The molecule has 0 saturated carbocycles. The second-order valence-corrected chi connectivity index (χ2v) is 7.79. The minimum absolute atomic E-state index is 0.0800. The molecule has 25 heavy (non-hydrogen) atoms. The molecular weight excluding hydrogens is 316 g/mol. The zero-order chi connectivity index (χ0) is 17.7. The van der Waals surface area contributed by atoms with Crippen LogP contribution < -0.4 is 10.6 Å². The van der Waals surface area contributed by atoms with Gasteiger partial charge in [-0.15, -0.1) is 0 Å². The van der Waals surface area contributed by atoms with Crippen LogP contribution in [0.5, 0.6) is 0 Å². The largest absolute Gasteiger partial charge is 0.469 e. The van der Waals surface area contributed by atoms with E-state index in [2.05, 4.69) is 29.4 Å². The molecule has 2 saturated heterocycles. The lowest BCUT2D eigenvalue weighted by Crippen LogP contribution is -2.51. The maximum Gasteiger partial charge on any atom is 0.220 e. The Balaban J connectivity index is 1.63. The number of hydrogen-bond acceptors (Lipinski definition) is 3. The molecule has 0 radical (unpaired) electrons. The summed E-state index contributed by atoms with van der Waals surface area (Å²) >= 11 is 0. The smallest absolute Gasteiger partial charge is 0.220 e. The summed E-state index contributed by atoms with van der Waals surface area (Å²) in [4.78, 5) is 18.9. The molecule has 0 bridgehead atoms. The second kappa shape index (κ2) is 7.93. The third-order valence-electron chi connectivity index (χ3n) is 5.00. The lowest BCUT2D eigenvalue weighted by atomic mass is 9.79. The molecule has 2 fully saturated rings. The van der Waals surface area contributed by atoms with E-state index in [4.69, 9.17) is 9.41 Å². The van der Waals surface area contributed by atoms with E-state index in [-0.39, 0.29) is 11.3 Å². The van der Waals surface area contributed by atoms with Gasteiger partial charge in [0, 0.05) is 51.0 Å². The van der Waals surface area contributed by atoms with Gasteiger partial charge in [-0.3, -0.25) is 9.79 Å². The summed E-state index contributed by atoms with van der Waals surface area (Å²) in [6.07, 6.45) is 5.42. The van der Waals surface area contributed by atoms with Crippen LogP contribution in [0.2, 0.25) is 0 Å². The van der Waals surface area contributed by atoms with Crippen LogP contribution in [0.3, 0.4) is 0 Å². The molecule has 6 nitrogen and oxygen atoms in total. The minimum Gasteiger partial charge on any atom is -0.469 e. The number of likely N-dealkylation sites (tertiary alicyclic amines) is 1. The zero-order valence-corrected chi connectivity index (χ0v) is 15.4. The first kappa shape index (κ1) is 17.8. The maximum atomic E-state index is 11.7. The summed E-state index contributed by atoms with van der Waals surface area (Å²) in [6.45, 7) is 8.67. The van der Waals surface area contributed by atoms with Gasteiger partial charge in [0.15, 0.2) is 5.96 Å². The molecule has 3 heterocycles. The number of furan rings is 1. The molecule has 2 aliphatic heterocycles. The van der Waals surface area contributed by atoms with Crippen molar-refractivity contribution in [2.45, 2.75) is 39.5 Å². The number of guanidine groups is 1. The van der Waals surface area contributed by atoms with Gasteiger partial charge < -0.3 is 20.0 Å². The first-order chi connectivity index (χ1) is 12.1. The average Bonchev–Trinajstić information content (AvgIpc) is 3.21. The fourth-order valence-electron chi connectivity index (χ4n) is 3.72. The van der Waals surface area contributed by atoms with Crippen LogP contribution in [0.15, 0.2) is 27.8 Å². The van der Waals surface area contributed by atoms with Gasteiger partial charge in [0.25, 0.3) is 0 Å². The van der Waals surface area contributed by atoms with Crippen LogP contribution in [0.1, 0.15) is 38.9 Å². The van der Waals surface area contributed by atoms with Crippen LogP contribution in [-0.2, 0) is 11.2 Å². The van der Waals surface area contributed by atoms with E-state index in [0.717, 1.165) is 63.7 Å². The van der Waals surface area contributed by atoms with Gasteiger partial charge >= 0.3 is 0 Å². The molecule has 3 rings (SSSR count). The van der Waals surface area contributed by atoms with Crippen molar-refractivity contribution in [3.05, 3.63) is 24.2 Å². The quantitative estimate of drug-likeness (QED) is 0.632. The number of amides is 1. The lowest BCUT2D eigenvalue weighted by Gasteiger charge is -2.41. The van der Waals surface area contributed by atoms with Gasteiger partial charge in [0.05, 0.1) is 6.26 Å². The second-order valence-electron chi connectivity index (χ2n) is 7.79. The number of nitrogens with one attached hydrogen (secondary N) is 2. The Morgan fingerprint density at radius 1 is 1.52 bits per heavy atom. The van der Waals surface area contributed by atoms with Gasteiger partial charge in [-0.05, 0) is 30.9 Å². The van der Waals surface area contributed by atoms with Crippen LogP contribution >= 0.6 is 0 Å². The Bertz CT molecular complexity index is 597. The van der Waals surface area contributed by atoms with Crippen LogP contribution in [0.4, 0.5) is 0 Å². The van der Waals surface area contributed by atoms with Crippen molar-refractivity contribution in [1.29, 1.82) is 0 Å². The van der Waals surface area contributed by atoms with Gasteiger partial charge in [-0.1, -0.05) is 13.8 Å². The Morgan fingerprint density at radius 2 is 2.40 bits per heavy atom. The normalized spacial score (nSPS) is 24.2. The fourth-order valence-corrected chi connectivity index (χ4v) is 3.72. The summed E-state index contributed by atoms with van der Waals surface area (Å²) in [5.41, 5.74) is 0.0800. The van der Waals surface area contributed by atoms with E-state index in [1.54, 1.807) is 6.26 Å². The minimum atomic E-state index is 0.0800. The van der Waals surface area contributed by atoms with Crippen molar-refractivity contribution in [2.75, 3.05) is 32.7 Å². The summed E-state index contributed by atoms with van der Waals surface area (Å²) in [7, 11) is 0. The van der Waals surface area contributed by atoms with E-state index in [9.17, 15) is 4.79 Å². The number of nitrogens with zero attached hydrogens (tertiary/aromatic N) is 2. The van der Waals surface area contributed by atoms with Crippen molar-refractivity contribution < 1.29 is 9.21 Å². The van der Waals surface area contributed by atoms with Crippen molar-refractivity contribution in [1.82, 2.24) is 15.5 Å². The predicted octanol–water partition coefficient (Wildman–Crippen LogP) is 2.03. The molecule has 138 valence electrons. The summed E-state index contributed by atoms with van der Waals surface area (Å²) < 4.78 is 5.41. The molecule has 1 atom stereocenters. The Hall–Kier alpha value is -1.98. The standard InChI is InChI=1S/C19H30N4O2/c1-15(2)12-21-18(20-8-6-16-5-3-10-25-16)23-9-4-7-19(14-23)11-17(24)22-13-19/h3,5,10,15H,4,6-9,11-14H2,1-2H3,(H,20,21)(H,22,24). The van der Waals surface area contributed by atoms with E-state index < -0.39 is 0 Å². The van der Waals surface area contributed by atoms with Crippen LogP contribution in [0.25, 0.3) is 0 Å². The van der Waals surface area contributed by atoms with Gasteiger partial charge in [0.2, 0.25) is 5.91 Å². The number of carbonyl (C=O) groups is 1. The lowest BCUT2D eigenvalue weighted by molar-refractivity contribution is -0.119. The van der Waals surface area contributed by atoms with Crippen LogP contribution in [-0.4, -0.2) is 49.5 Å². The first-order valence-corrected chi connectivity index (χ1v) is 9.39. The molecule has 1 spiro atoms. The van der Waals surface area contributed by atoms with Gasteiger partial charge in [0.1, 0.15) is 5.76 Å². The van der Waals surface area contributed by atoms with Crippen molar-refractivity contribution in [3.8, 4) is 0 Å². The third-order valence-corrected chi connectivity index (χ3v) is 5.00. The van der Waals surface area contributed by atoms with E-state index in [1.807, 2.05) is 12.1 Å². The molecule has 1 aromatic heterocycles. The number of hydrogen-bond donors (Lipinski definition) is 2. The SMILES string of the molecule is CC(C)CN=C(NCCc1ccco1)N1CCCC2(CNC(=O)C2)C1. The van der Waals surface area contributed by atoms with E-state index in [0.29, 0.717) is 12.3 Å². The van der Waals surface area contributed by atoms with Gasteiger partial charge in [-0.2, -0.15) is 0 Å². The molecule has 2 aliphatic rings. The number of aliphatic imine (C=N–C) groups is 1. The average molecular weight is 346 g/mol. The summed E-state index contributed by atoms with van der Waals surface area (Å²) in [5.74, 6) is 2.67. The number of carbonyl (C=O) groups excluding carboxylic acids is 1. The van der Waals surface area contributed by atoms with Crippen LogP contribution in [0, 0.1) is 11.3 Å². The first-order valence-electron chi connectivity index (χ1n) is 9.39. The maximum absolute atomic E-state index is 11.7. The highest BCUT2D eigenvalue weighted by Crippen LogP contribution is 2.36. The van der Waals surface area contributed by atoms with E-state index in [1.165, 1.54) is 0 Å². The number of rotatable bonds is 5. The summed E-state index contributed by atoms with van der Waals surface area (Å²) in [6, 6.07) is 3.92. The van der Waals surface area contributed by atoms with Crippen molar-refractivity contribution in [3.63, 3.8) is 0 Å². The Labute approximate surface area is 150 Å². The predicted molar refractivity (Wildman–Crippen MR) is 98.4 cm³/mol. The molecular formula is C19H30N4O2. The van der Waals surface area contributed by atoms with Gasteiger partial charge in [-0.25, -0.2) is 0 Å². The van der Waals surface area contributed by atoms with Crippen molar-refractivity contribution >= 4 is 11.9 Å². The molecule has 2 N–H and O–H groups in total. The highest BCUT2D eigenvalue weighted by Gasteiger charge is 2.42. The van der Waals surface area contributed by atoms with E-state index >= 15 is 0 Å². The molecule has 6 heteroatoms. The molecule has 1 unspecified atom stereocenters. The fraction of sp³-hybridized carbons (Fsp3) is 0.684. The Morgan fingerprint density at radius 3 is 3.08 bits per heavy atom. The summed E-state index contributed by atoms with van der Waals surface area (Å²) in [5, 5.41) is 6.52. The molecule has 0 aliphatic carbocycles. The highest BCUT2D eigenvalue weighted by atomic mass is 16.3. The molecule has 1 amide bonds. The third kappa shape index (κ3) is 4.77. The highest BCUT2D eigenvalue weighted by molar-refractivity contribution is 5.81. The monoisotopic (exact) mass is 346 g/mol. The zero-order valence-electron chi connectivity index (χ0n) is 15.4.